The van der Waals surface area contributed by atoms with Gasteiger partial charge in [-0.25, -0.2) is 0 Å². The molecule has 1 amide bonds. The topological polar surface area (TPSA) is 98.5 Å². The predicted molar refractivity (Wildman–Crippen MR) is 118 cm³/mol. The first kappa shape index (κ1) is 22.0. The highest BCUT2D eigenvalue weighted by Gasteiger charge is 2.09. The van der Waals surface area contributed by atoms with Crippen molar-refractivity contribution in [2.75, 3.05) is 5.32 Å². The Bertz CT molecular complexity index is 1040. The number of nitro benzene ring substituents is 1. The molecule has 0 spiro atoms. The van der Waals surface area contributed by atoms with Gasteiger partial charge in [-0.3, -0.25) is 19.7 Å². The third-order valence-electron chi connectivity index (χ3n) is 4.22. The summed E-state index contributed by atoms with van der Waals surface area (Å²) in [5, 5.41) is 13.4. The Morgan fingerprint density at radius 1 is 0.871 bits per heavy atom. The lowest BCUT2D eigenvalue weighted by atomic mass is 10.2. The molecule has 0 unspecified atom stereocenters. The van der Waals surface area contributed by atoms with E-state index in [2.05, 4.69) is 5.32 Å². The van der Waals surface area contributed by atoms with E-state index in [-0.39, 0.29) is 31.0 Å². The second-order valence-electron chi connectivity index (χ2n) is 6.57. The Morgan fingerprint density at radius 2 is 1.48 bits per heavy atom. The molecule has 0 radical (unpaired) electrons. The highest BCUT2D eigenvalue weighted by atomic mass is 32.2. The quantitative estimate of drug-likeness (QED) is 0.281. The summed E-state index contributed by atoms with van der Waals surface area (Å²) >= 11 is 1.48. The van der Waals surface area contributed by atoms with Crippen molar-refractivity contribution < 1.29 is 19.2 Å². The lowest BCUT2D eigenvalue weighted by molar-refractivity contribution is -0.384. The molecule has 0 aliphatic rings. The minimum absolute atomic E-state index is 0.00669. The third-order valence-corrected chi connectivity index (χ3v) is 5.24. The maximum atomic E-state index is 11.9. The van der Waals surface area contributed by atoms with Crippen molar-refractivity contribution in [2.45, 2.75) is 29.2 Å². The van der Waals surface area contributed by atoms with Crippen LogP contribution in [0.1, 0.15) is 18.4 Å². The number of para-hydroxylation sites is 1. The molecule has 7 nitrogen and oxygen atoms in total. The van der Waals surface area contributed by atoms with Gasteiger partial charge in [0.05, 0.1) is 11.3 Å². The monoisotopic (exact) mass is 436 g/mol. The molecule has 0 saturated carbocycles. The Labute approximate surface area is 183 Å². The Kier molecular flexibility index (Phi) is 7.78. The zero-order valence-corrected chi connectivity index (χ0v) is 17.3. The van der Waals surface area contributed by atoms with E-state index in [1.807, 2.05) is 42.5 Å². The van der Waals surface area contributed by atoms with E-state index in [1.165, 1.54) is 23.9 Å². The van der Waals surface area contributed by atoms with Crippen molar-refractivity contribution in [1.29, 1.82) is 0 Å². The molecule has 8 heteroatoms. The lowest BCUT2D eigenvalue weighted by Gasteiger charge is -2.07. The number of ether oxygens (including phenoxy) is 1. The minimum Gasteiger partial charge on any atom is -0.461 e. The average molecular weight is 436 g/mol. The van der Waals surface area contributed by atoms with Crippen LogP contribution >= 0.6 is 11.8 Å². The van der Waals surface area contributed by atoms with Crippen molar-refractivity contribution in [1.82, 2.24) is 0 Å². The summed E-state index contributed by atoms with van der Waals surface area (Å²) in [6, 6.07) is 22.9. The van der Waals surface area contributed by atoms with Crippen LogP contribution in [0.25, 0.3) is 0 Å². The summed E-state index contributed by atoms with van der Waals surface area (Å²) < 4.78 is 5.23. The van der Waals surface area contributed by atoms with Crippen LogP contribution in [0.2, 0.25) is 0 Å². The van der Waals surface area contributed by atoms with E-state index in [0.29, 0.717) is 5.69 Å². The molecule has 1 N–H and O–H groups in total. The Hall–Kier alpha value is -3.65. The number of amides is 1. The number of nitro groups is 1. The molecule has 0 aliphatic heterocycles. The van der Waals surface area contributed by atoms with Gasteiger partial charge in [-0.05, 0) is 42.0 Å². The van der Waals surface area contributed by atoms with E-state index in [4.69, 9.17) is 4.74 Å². The number of benzene rings is 3. The van der Waals surface area contributed by atoms with Crippen molar-refractivity contribution in [3.8, 4) is 0 Å². The number of carbonyl (C=O) groups is 2. The highest BCUT2D eigenvalue weighted by Crippen LogP contribution is 2.29. The van der Waals surface area contributed by atoms with E-state index < -0.39 is 10.9 Å². The number of non-ortho nitro benzene ring substituents is 1. The third kappa shape index (κ3) is 7.27. The van der Waals surface area contributed by atoms with Gasteiger partial charge in [0.2, 0.25) is 5.91 Å². The number of hydrogen-bond donors (Lipinski definition) is 1. The average Bonchev–Trinajstić information content (AvgIpc) is 2.78. The number of nitrogens with one attached hydrogen (secondary N) is 1. The summed E-state index contributed by atoms with van der Waals surface area (Å²) in [4.78, 5) is 35.9. The molecule has 31 heavy (non-hydrogen) atoms. The van der Waals surface area contributed by atoms with Gasteiger partial charge in [0.1, 0.15) is 6.61 Å². The van der Waals surface area contributed by atoms with Crippen LogP contribution in [-0.2, 0) is 20.9 Å². The maximum absolute atomic E-state index is 11.9. The molecule has 3 aromatic rings. The number of hydrogen-bond acceptors (Lipinski definition) is 6. The fourth-order valence-electron chi connectivity index (χ4n) is 2.62. The van der Waals surface area contributed by atoms with Crippen LogP contribution in [-0.4, -0.2) is 16.8 Å². The minimum atomic E-state index is -0.437. The van der Waals surface area contributed by atoms with Gasteiger partial charge < -0.3 is 10.1 Å². The van der Waals surface area contributed by atoms with Gasteiger partial charge in [0, 0.05) is 34.0 Å². The van der Waals surface area contributed by atoms with Crippen LogP contribution in [0.5, 0.6) is 0 Å². The second-order valence-corrected chi connectivity index (χ2v) is 7.72. The van der Waals surface area contributed by atoms with E-state index >= 15 is 0 Å². The Balaban J connectivity index is 1.40. The largest absolute Gasteiger partial charge is 0.461 e. The van der Waals surface area contributed by atoms with E-state index in [1.54, 1.807) is 24.3 Å². The summed E-state index contributed by atoms with van der Waals surface area (Å²) in [7, 11) is 0. The molecule has 3 aromatic carbocycles. The standard InChI is InChI=1S/C23H20N2O5S/c26-22(24-18-4-2-1-3-5-18)14-15-23(27)30-16-17-6-10-20(11-7-17)31-21-12-8-19(9-13-21)25(28)29/h1-13H,14-16H2,(H,24,26). The van der Waals surface area contributed by atoms with Gasteiger partial charge in [0.15, 0.2) is 0 Å². The smallest absolute Gasteiger partial charge is 0.306 e. The zero-order valence-electron chi connectivity index (χ0n) is 16.5. The zero-order chi connectivity index (χ0) is 22.1. The van der Waals surface area contributed by atoms with Gasteiger partial charge in [-0.15, -0.1) is 0 Å². The number of anilines is 1. The number of nitrogens with zero attached hydrogens (tertiary/aromatic N) is 1. The molecule has 0 heterocycles. The van der Waals surface area contributed by atoms with Crippen molar-refractivity contribution >= 4 is 35.0 Å². The van der Waals surface area contributed by atoms with Gasteiger partial charge in [-0.2, -0.15) is 0 Å². The summed E-state index contributed by atoms with van der Waals surface area (Å²) in [6.45, 7) is 0.127. The second kappa shape index (κ2) is 10.9. The fourth-order valence-corrected chi connectivity index (χ4v) is 3.44. The summed E-state index contributed by atoms with van der Waals surface area (Å²) in [5.74, 6) is -0.677. The maximum Gasteiger partial charge on any atom is 0.306 e. The molecular formula is C23H20N2O5S. The van der Waals surface area contributed by atoms with Gasteiger partial charge >= 0.3 is 5.97 Å². The molecule has 0 aliphatic carbocycles. The molecule has 0 aromatic heterocycles. The Morgan fingerprint density at radius 3 is 2.10 bits per heavy atom. The lowest BCUT2D eigenvalue weighted by Crippen LogP contribution is -2.14. The van der Waals surface area contributed by atoms with Crippen LogP contribution in [0.15, 0.2) is 88.7 Å². The van der Waals surface area contributed by atoms with Crippen molar-refractivity contribution in [3.63, 3.8) is 0 Å². The molecule has 3 rings (SSSR count). The van der Waals surface area contributed by atoms with Crippen LogP contribution in [0, 0.1) is 10.1 Å². The summed E-state index contributed by atoms with van der Waals surface area (Å²) in [5.41, 5.74) is 1.57. The molecule has 158 valence electrons. The fraction of sp³-hybridized carbons (Fsp3) is 0.130. The highest BCUT2D eigenvalue weighted by molar-refractivity contribution is 7.99. The number of carbonyl (C=O) groups excluding carboxylic acids is 2. The van der Waals surface area contributed by atoms with E-state index in [0.717, 1.165) is 15.4 Å². The van der Waals surface area contributed by atoms with Crippen LogP contribution < -0.4 is 5.32 Å². The molecule has 0 fully saturated rings. The van der Waals surface area contributed by atoms with Gasteiger partial charge in [-0.1, -0.05) is 42.1 Å². The predicted octanol–water partition coefficient (Wildman–Crippen LogP) is 5.21. The molecule has 0 atom stereocenters. The summed E-state index contributed by atoms with van der Waals surface area (Å²) in [6.07, 6.45) is 0.0608. The normalized spacial score (nSPS) is 10.3. The first-order chi connectivity index (χ1) is 15.0. The van der Waals surface area contributed by atoms with Crippen molar-refractivity contribution in [3.05, 3.63) is 94.5 Å². The SMILES string of the molecule is O=C(CCC(=O)OCc1ccc(Sc2ccc([N+](=O)[O-])cc2)cc1)Nc1ccccc1. The number of esters is 1. The first-order valence-corrected chi connectivity index (χ1v) is 10.3. The molecule has 0 bridgehead atoms. The number of rotatable bonds is 9. The van der Waals surface area contributed by atoms with Gasteiger partial charge in [0.25, 0.3) is 5.69 Å². The van der Waals surface area contributed by atoms with Crippen LogP contribution in [0.3, 0.4) is 0 Å². The van der Waals surface area contributed by atoms with Crippen molar-refractivity contribution in [2.24, 2.45) is 0 Å². The van der Waals surface area contributed by atoms with E-state index in [9.17, 15) is 19.7 Å². The molecular weight excluding hydrogens is 416 g/mol. The first-order valence-electron chi connectivity index (χ1n) is 9.51. The molecule has 0 saturated heterocycles. The van der Waals surface area contributed by atoms with Crippen LogP contribution in [0.4, 0.5) is 11.4 Å².